The Morgan fingerprint density at radius 3 is 2.67 bits per heavy atom. The lowest BCUT2D eigenvalue weighted by Gasteiger charge is -2.36. The number of nitrogens with two attached hydrogens (primary N) is 1. The molecule has 1 amide bonds. The van der Waals surface area contributed by atoms with Gasteiger partial charge in [0.1, 0.15) is 0 Å². The SMILES string of the molecule is C[C@@H](O)CNC(=O)C1(N)CCC1. The first-order valence-corrected chi connectivity index (χ1v) is 4.30. The second-order valence-electron chi connectivity index (χ2n) is 3.57. The number of aliphatic hydroxyl groups is 1. The lowest BCUT2D eigenvalue weighted by atomic mass is 9.77. The summed E-state index contributed by atoms with van der Waals surface area (Å²) < 4.78 is 0. The Morgan fingerprint density at radius 1 is 1.75 bits per heavy atom. The Kier molecular flexibility index (Phi) is 2.69. The maximum atomic E-state index is 11.3. The fourth-order valence-electron chi connectivity index (χ4n) is 1.20. The molecule has 0 saturated heterocycles. The van der Waals surface area contributed by atoms with Gasteiger partial charge in [0.05, 0.1) is 11.6 Å². The molecule has 0 radical (unpaired) electrons. The van der Waals surface area contributed by atoms with Gasteiger partial charge < -0.3 is 16.2 Å². The normalized spacial score (nSPS) is 22.6. The smallest absolute Gasteiger partial charge is 0.240 e. The monoisotopic (exact) mass is 172 g/mol. The van der Waals surface area contributed by atoms with Crippen molar-refractivity contribution in [3.8, 4) is 0 Å². The minimum absolute atomic E-state index is 0.130. The summed E-state index contributed by atoms with van der Waals surface area (Å²) in [6.45, 7) is 1.92. The summed E-state index contributed by atoms with van der Waals surface area (Å²) in [6.07, 6.45) is 2.05. The summed E-state index contributed by atoms with van der Waals surface area (Å²) >= 11 is 0. The molecule has 0 aromatic rings. The van der Waals surface area contributed by atoms with Crippen LogP contribution in [0.3, 0.4) is 0 Å². The number of hydrogen-bond acceptors (Lipinski definition) is 3. The van der Waals surface area contributed by atoms with Gasteiger partial charge in [0.15, 0.2) is 0 Å². The molecule has 12 heavy (non-hydrogen) atoms. The number of hydrogen-bond donors (Lipinski definition) is 3. The van der Waals surface area contributed by atoms with Crippen molar-refractivity contribution in [2.45, 2.75) is 37.8 Å². The van der Waals surface area contributed by atoms with Crippen LogP contribution >= 0.6 is 0 Å². The molecule has 70 valence electrons. The Balaban J connectivity index is 2.28. The molecule has 1 aliphatic carbocycles. The van der Waals surface area contributed by atoms with Crippen LogP contribution in [-0.2, 0) is 4.79 Å². The van der Waals surface area contributed by atoms with E-state index in [0.29, 0.717) is 0 Å². The van der Waals surface area contributed by atoms with Crippen LogP contribution < -0.4 is 11.1 Å². The van der Waals surface area contributed by atoms with Crippen LogP contribution in [-0.4, -0.2) is 29.2 Å². The third kappa shape index (κ3) is 1.95. The lowest BCUT2D eigenvalue weighted by molar-refractivity contribution is -0.129. The quantitative estimate of drug-likeness (QED) is 0.530. The highest BCUT2D eigenvalue weighted by atomic mass is 16.3. The van der Waals surface area contributed by atoms with Crippen molar-refractivity contribution in [3.63, 3.8) is 0 Å². The molecule has 1 atom stereocenters. The van der Waals surface area contributed by atoms with E-state index >= 15 is 0 Å². The molecule has 0 unspecified atom stereocenters. The van der Waals surface area contributed by atoms with Gasteiger partial charge in [-0.05, 0) is 26.2 Å². The van der Waals surface area contributed by atoms with Crippen LogP contribution in [0.2, 0.25) is 0 Å². The molecule has 0 bridgehead atoms. The van der Waals surface area contributed by atoms with Crippen molar-refractivity contribution >= 4 is 5.91 Å². The zero-order valence-electron chi connectivity index (χ0n) is 7.34. The summed E-state index contributed by atoms with van der Waals surface area (Å²) in [5.41, 5.74) is 5.09. The van der Waals surface area contributed by atoms with E-state index in [-0.39, 0.29) is 12.5 Å². The van der Waals surface area contributed by atoms with Crippen LogP contribution in [0.25, 0.3) is 0 Å². The van der Waals surface area contributed by atoms with E-state index in [1.165, 1.54) is 0 Å². The first kappa shape index (κ1) is 9.48. The van der Waals surface area contributed by atoms with E-state index in [9.17, 15) is 4.79 Å². The average molecular weight is 172 g/mol. The van der Waals surface area contributed by atoms with Gasteiger partial charge in [0, 0.05) is 6.54 Å². The topological polar surface area (TPSA) is 75.3 Å². The predicted molar refractivity (Wildman–Crippen MR) is 45.5 cm³/mol. The molecule has 4 heteroatoms. The highest BCUT2D eigenvalue weighted by molar-refractivity contribution is 5.86. The van der Waals surface area contributed by atoms with Crippen molar-refractivity contribution in [2.75, 3.05) is 6.54 Å². The van der Waals surface area contributed by atoms with Gasteiger partial charge in [0.2, 0.25) is 5.91 Å². The van der Waals surface area contributed by atoms with Crippen LogP contribution in [0.1, 0.15) is 26.2 Å². The van der Waals surface area contributed by atoms with Crippen molar-refractivity contribution < 1.29 is 9.90 Å². The Labute approximate surface area is 72.1 Å². The summed E-state index contributed by atoms with van der Waals surface area (Å²) in [5, 5.41) is 11.5. The van der Waals surface area contributed by atoms with Crippen molar-refractivity contribution in [1.29, 1.82) is 0 Å². The van der Waals surface area contributed by atoms with Crippen LogP contribution in [0.5, 0.6) is 0 Å². The minimum atomic E-state index is -0.644. The fourth-order valence-corrected chi connectivity index (χ4v) is 1.20. The van der Waals surface area contributed by atoms with Gasteiger partial charge in [-0.1, -0.05) is 0 Å². The second kappa shape index (κ2) is 3.41. The first-order valence-electron chi connectivity index (χ1n) is 4.30. The molecule has 0 heterocycles. The molecular formula is C8H16N2O2. The standard InChI is InChI=1S/C8H16N2O2/c1-6(11)5-10-7(12)8(9)3-2-4-8/h6,11H,2-5,9H2,1H3,(H,10,12)/t6-/m1/s1. The summed E-state index contributed by atoms with van der Waals surface area (Å²) in [4.78, 5) is 11.3. The highest BCUT2D eigenvalue weighted by Gasteiger charge is 2.39. The van der Waals surface area contributed by atoms with E-state index < -0.39 is 11.6 Å². The molecule has 0 aliphatic heterocycles. The predicted octanol–water partition coefficient (Wildman–Crippen LogP) is -0.635. The van der Waals surface area contributed by atoms with Gasteiger partial charge in [-0.25, -0.2) is 0 Å². The van der Waals surface area contributed by atoms with E-state index in [2.05, 4.69) is 5.32 Å². The van der Waals surface area contributed by atoms with Crippen molar-refractivity contribution in [3.05, 3.63) is 0 Å². The molecule has 0 aromatic carbocycles. The molecule has 0 aromatic heterocycles. The van der Waals surface area contributed by atoms with Crippen LogP contribution in [0, 0.1) is 0 Å². The van der Waals surface area contributed by atoms with Crippen LogP contribution in [0.4, 0.5) is 0 Å². The number of rotatable bonds is 3. The molecule has 1 rings (SSSR count). The zero-order chi connectivity index (χ0) is 9.19. The van der Waals surface area contributed by atoms with Gasteiger partial charge >= 0.3 is 0 Å². The minimum Gasteiger partial charge on any atom is -0.392 e. The van der Waals surface area contributed by atoms with E-state index in [1.54, 1.807) is 6.92 Å². The van der Waals surface area contributed by atoms with Crippen molar-refractivity contribution in [2.24, 2.45) is 5.73 Å². The molecule has 1 aliphatic rings. The number of carbonyl (C=O) groups excluding carboxylic acids is 1. The highest BCUT2D eigenvalue weighted by Crippen LogP contribution is 2.28. The molecule has 4 nitrogen and oxygen atoms in total. The van der Waals surface area contributed by atoms with Crippen molar-refractivity contribution in [1.82, 2.24) is 5.32 Å². The molecule has 1 saturated carbocycles. The largest absolute Gasteiger partial charge is 0.392 e. The van der Waals surface area contributed by atoms with E-state index in [0.717, 1.165) is 19.3 Å². The molecule has 4 N–H and O–H groups in total. The summed E-state index contributed by atoms with van der Waals surface area (Å²) in [7, 11) is 0. The van der Waals surface area contributed by atoms with E-state index in [4.69, 9.17) is 10.8 Å². The Bertz CT molecular complexity index is 176. The Morgan fingerprint density at radius 2 is 2.33 bits per heavy atom. The summed E-state index contributed by atoms with van der Waals surface area (Å²) in [5.74, 6) is -0.130. The maximum Gasteiger partial charge on any atom is 0.240 e. The van der Waals surface area contributed by atoms with Gasteiger partial charge in [-0.3, -0.25) is 4.79 Å². The maximum absolute atomic E-state index is 11.3. The average Bonchev–Trinajstić information content (AvgIpc) is 1.95. The number of carbonyl (C=O) groups is 1. The third-order valence-corrected chi connectivity index (χ3v) is 2.26. The number of nitrogens with one attached hydrogen (secondary N) is 1. The lowest BCUT2D eigenvalue weighted by Crippen LogP contribution is -2.59. The van der Waals surface area contributed by atoms with Gasteiger partial charge in [0.25, 0.3) is 0 Å². The van der Waals surface area contributed by atoms with Crippen LogP contribution in [0.15, 0.2) is 0 Å². The summed E-state index contributed by atoms with van der Waals surface area (Å²) in [6, 6.07) is 0. The third-order valence-electron chi connectivity index (χ3n) is 2.26. The molecule has 1 fully saturated rings. The van der Waals surface area contributed by atoms with E-state index in [1.807, 2.05) is 0 Å². The van der Waals surface area contributed by atoms with Gasteiger partial charge in [-0.15, -0.1) is 0 Å². The van der Waals surface area contributed by atoms with Gasteiger partial charge in [-0.2, -0.15) is 0 Å². The zero-order valence-corrected chi connectivity index (χ0v) is 7.34. The number of amides is 1. The second-order valence-corrected chi connectivity index (χ2v) is 3.57. The molecule has 0 spiro atoms. The fraction of sp³-hybridized carbons (Fsp3) is 0.875. The Hall–Kier alpha value is -0.610. The number of aliphatic hydroxyl groups excluding tert-OH is 1. The first-order chi connectivity index (χ1) is 5.54. The molecular weight excluding hydrogens is 156 g/mol.